The van der Waals surface area contributed by atoms with Crippen LogP contribution in [0.3, 0.4) is 0 Å². The van der Waals surface area contributed by atoms with Crippen LogP contribution in [0.5, 0.6) is 0 Å². The van der Waals surface area contributed by atoms with Gasteiger partial charge in [-0.15, -0.1) is 0 Å². The number of nitrogens with one attached hydrogen (secondary N) is 2. The van der Waals surface area contributed by atoms with Crippen molar-refractivity contribution < 1.29 is 58.2 Å². The molecule has 2 N–H and O–H groups in total. The fourth-order valence-corrected chi connectivity index (χ4v) is 1.13. The molecule has 0 bridgehead atoms. The van der Waals surface area contributed by atoms with E-state index in [9.17, 15) is 0 Å². The molecule has 0 spiro atoms. The molecule has 22 heavy (non-hydrogen) atoms. The van der Waals surface area contributed by atoms with Crippen LogP contribution < -0.4 is 18.3 Å². The Morgan fingerprint density at radius 2 is 1.41 bits per heavy atom. The Morgan fingerprint density at radius 3 is 1.77 bits per heavy atom. The maximum atomic E-state index is 8.91. The van der Waals surface area contributed by atoms with Gasteiger partial charge in [-0.3, -0.25) is 0 Å². The second kappa shape index (κ2) is 9.96. The van der Waals surface area contributed by atoms with Crippen molar-refractivity contribution in [3.63, 3.8) is 0 Å². The Hall–Kier alpha value is -0.935. The van der Waals surface area contributed by atoms with Gasteiger partial charge in [0.25, 0.3) is 0 Å². The topological polar surface area (TPSA) is 143 Å². The van der Waals surface area contributed by atoms with E-state index in [4.69, 9.17) is 23.5 Å². The van der Waals surface area contributed by atoms with Crippen LogP contribution in [0.25, 0.3) is 11.3 Å². The van der Waals surface area contributed by atoms with E-state index in [0.29, 0.717) is 0 Å². The summed E-state index contributed by atoms with van der Waals surface area (Å²) in [6, 6.07) is 10.1. The van der Waals surface area contributed by atoms with E-state index in [1.807, 2.05) is 42.9 Å². The number of pyridine rings is 2. The van der Waals surface area contributed by atoms with E-state index in [1.165, 1.54) is 0 Å². The van der Waals surface area contributed by atoms with Crippen LogP contribution in [0.2, 0.25) is 0 Å². The molecular weight excluding hydrogens is 419 g/mol. The quantitative estimate of drug-likeness (QED) is 0.598. The summed E-state index contributed by atoms with van der Waals surface area (Å²) in [5.74, 6) is 0. The molecule has 0 saturated heterocycles. The molecule has 0 saturated carbocycles. The first kappa shape index (κ1) is 21.1. The predicted octanol–water partition coefficient (Wildman–Crippen LogP) is -0.497. The molecule has 2 aromatic heterocycles. The Bertz CT molecular complexity index is 671. The summed E-state index contributed by atoms with van der Waals surface area (Å²) in [5.41, 5.74) is 2.28. The van der Waals surface area contributed by atoms with Gasteiger partial charge in [-0.05, 0) is 12.1 Å². The summed E-state index contributed by atoms with van der Waals surface area (Å²) in [5, 5.41) is 0. The first-order valence-corrected chi connectivity index (χ1v) is 11.8. The summed E-state index contributed by atoms with van der Waals surface area (Å²) >= 11 is -10.1. The van der Waals surface area contributed by atoms with Crippen LogP contribution >= 0.6 is 20.1 Å². The summed E-state index contributed by atoms with van der Waals surface area (Å²) in [7, 11) is 8.04. The van der Waals surface area contributed by atoms with Crippen LogP contribution in [0.1, 0.15) is 0 Å². The minimum Gasteiger partial charge on any atom is -0.217 e. The van der Waals surface area contributed by atoms with Crippen molar-refractivity contribution in [1.82, 2.24) is 0 Å². The normalized spacial score (nSPS) is 10.5. The SMILES string of the molecule is [O]=[Cr](=[O])([O-])[Cl].[O]=[Cr](=[O])([O-])[Cl].c1ccc(-c2ccc[nH+]c2)[nH+]c1. The molecule has 2 rings (SSSR count). The monoisotopic (exact) mass is 428 g/mol. The predicted molar refractivity (Wildman–Crippen MR) is 59.4 cm³/mol. The van der Waals surface area contributed by atoms with Gasteiger partial charge in [-0.1, -0.05) is 0 Å². The number of halogens is 2. The van der Waals surface area contributed by atoms with Crippen molar-refractivity contribution in [3.8, 4) is 11.3 Å². The summed E-state index contributed by atoms with van der Waals surface area (Å²) in [4.78, 5) is 6.20. The van der Waals surface area contributed by atoms with Gasteiger partial charge in [0.1, 0.15) is 5.56 Å². The standard InChI is InChI=1S/C10H8N2.2ClH.2Cr.6O/c1-2-7-12-10(5-1)9-4-3-6-11-8-9;;;;;;;;;;/h1-8H;2*1H;;;;;;;;/q;;;2*+1;;;;;2*-1. The Kier molecular flexibility index (Phi) is 9.53. The third-order valence-electron chi connectivity index (χ3n) is 1.73. The molecule has 8 nitrogen and oxygen atoms in total. The van der Waals surface area contributed by atoms with Gasteiger partial charge in [-0.25, -0.2) is 9.97 Å². The van der Waals surface area contributed by atoms with Gasteiger partial charge in [0, 0.05) is 18.2 Å². The van der Waals surface area contributed by atoms with Crippen LogP contribution in [0.15, 0.2) is 48.9 Å². The molecule has 0 unspecified atom stereocenters. The number of aromatic amines is 2. The van der Waals surface area contributed by atoms with E-state index in [2.05, 4.69) is 36.1 Å². The van der Waals surface area contributed by atoms with Gasteiger partial charge in [0.2, 0.25) is 5.69 Å². The fraction of sp³-hybridized carbons (Fsp3) is 0. The van der Waals surface area contributed by atoms with Gasteiger partial charge in [0.05, 0.1) is 0 Å². The second-order valence-electron chi connectivity index (χ2n) is 3.35. The van der Waals surface area contributed by atoms with E-state index in [1.54, 1.807) is 0 Å². The molecule has 0 aliphatic heterocycles. The molecule has 0 aromatic carbocycles. The zero-order valence-corrected chi connectivity index (χ0v) is 14.7. The number of H-pyrrole nitrogens is 2. The largest absolute Gasteiger partial charge is 0.217 e. The summed E-state index contributed by atoms with van der Waals surface area (Å²) in [6.45, 7) is 0. The molecule has 0 aliphatic rings. The maximum Gasteiger partial charge on any atom is 0.216 e. The smallest absolute Gasteiger partial charge is 0.216 e. The maximum absolute atomic E-state index is 8.91. The minimum atomic E-state index is -5.03. The molecule has 122 valence electrons. The van der Waals surface area contributed by atoms with Gasteiger partial charge in [0.15, 0.2) is 18.6 Å². The zero-order chi connectivity index (χ0) is 17.2. The fourth-order valence-electron chi connectivity index (χ4n) is 1.13. The second-order valence-corrected chi connectivity index (χ2v) is 8.93. The molecule has 2 heterocycles. The third kappa shape index (κ3) is 17.1. The van der Waals surface area contributed by atoms with Crippen molar-refractivity contribution in [1.29, 1.82) is 0 Å². The van der Waals surface area contributed by atoms with Gasteiger partial charge < -0.3 is 0 Å². The van der Waals surface area contributed by atoms with Crippen molar-refractivity contribution in [2.45, 2.75) is 0 Å². The van der Waals surface area contributed by atoms with Crippen molar-refractivity contribution in [2.75, 3.05) is 0 Å². The van der Waals surface area contributed by atoms with E-state index in [-0.39, 0.29) is 0 Å². The Balaban J connectivity index is 0.000000372. The van der Waals surface area contributed by atoms with Crippen LogP contribution in [0, 0.1) is 0 Å². The average Bonchev–Trinajstić information content (AvgIpc) is 2.37. The van der Waals surface area contributed by atoms with Crippen molar-refractivity contribution in [3.05, 3.63) is 48.9 Å². The molecule has 0 atom stereocenters. The molecule has 0 aliphatic carbocycles. The van der Waals surface area contributed by atoms with Crippen molar-refractivity contribution >= 4 is 20.1 Å². The van der Waals surface area contributed by atoms with Gasteiger partial charge >= 0.3 is 68.3 Å². The Morgan fingerprint density at radius 1 is 0.864 bits per heavy atom. The van der Waals surface area contributed by atoms with E-state index >= 15 is 0 Å². The van der Waals surface area contributed by atoms with Crippen LogP contribution in [0.4, 0.5) is 0 Å². The number of hydrogen-bond acceptors (Lipinski definition) is 6. The molecule has 12 heteroatoms. The molecule has 0 radical (unpaired) electrons. The van der Waals surface area contributed by atoms with Gasteiger partial charge in [-0.2, -0.15) is 0 Å². The van der Waals surface area contributed by atoms with Crippen molar-refractivity contribution in [2.24, 2.45) is 0 Å². The first-order valence-electron chi connectivity index (χ1n) is 5.21. The molecule has 0 fully saturated rings. The van der Waals surface area contributed by atoms with E-state index < -0.39 is 24.7 Å². The minimum absolute atomic E-state index is 1.12. The summed E-state index contributed by atoms with van der Waals surface area (Å²) in [6.07, 6.45) is 5.78. The molecule has 2 aromatic rings. The van der Waals surface area contributed by atoms with Crippen LogP contribution in [-0.2, 0) is 39.9 Å². The number of aromatic nitrogens is 2. The first-order chi connectivity index (χ1) is 9.97. The number of rotatable bonds is 1. The van der Waals surface area contributed by atoms with E-state index in [0.717, 1.165) is 11.3 Å². The number of hydrogen-bond donors (Lipinski definition) is 0. The van der Waals surface area contributed by atoms with Crippen LogP contribution in [-0.4, -0.2) is 0 Å². The zero-order valence-electron chi connectivity index (χ0n) is 10.6. The third-order valence-corrected chi connectivity index (χ3v) is 1.73. The molecule has 0 amide bonds. The Labute approximate surface area is 138 Å². The summed E-state index contributed by atoms with van der Waals surface area (Å²) < 4.78 is 53.5. The average molecular weight is 429 g/mol. The molecular formula is C10H10Cl2Cr2N2O6.